The van der Waals surface area contributed by atoms with Crippen LogP contribution >= 0.6 is 0 Å². The number of methoxy groups -OCH3 is 2. The first-order valence-electron chi connectivity index (χ1n) is 8.36. The second kappa shape index (κ2) is 7.86. The molecule has 2 heterocycles. The lowest BCUT2D eigenvalue weighted by molar-refractivity contribution is 0.0728. The summed E-state index contributed by atoms with van der Waals surface area (Å²) in [6.45, 7) is 5.36. The maximum atomic E-state index is 12.7. The molecule has 1 amide bonds. The van der Waals surface area contributed by atoms with Gasteiger partial charge in [0.15, 0.2) is 11.5 Å². The Bertz CT molecular complexity index is 805. The molecule has 7 heteroatoms. The van der Waals surface area contributed by atoms with Crippen molar-refractivity contribution < 1.29 is 14.3 Å². The molecule has 136 valence electrons. The van der Waals surface area contributed by atoms with Gasteiger partial charge >= 0.3 is 0 Å². The Balaban J connectivity index is 1.75. The molecular weight excluding hydrogens is 332 g/mol. The molecule has 0 bridgehead atoms. The van der Waals surface area contributed by atoms with Gasteiger partial charge in [0.1, 0.15) is 11.5 Å². The number of nitrogens with one attached hydrogen (secondary N) is 1. The van der Waals surface area contributed by atoms with Crippen LogP contribution in [0.2, 0.25) is 0 Å². The van der Waals surface area contributed by atoms with Crippen LogP contribution in [0.1, 0.15) is 21.6 Å². The molecule has 0 aliphatic carbocycles. The maximum absolute atomic E-state index is 12.7. The fraction of sp³-hybridized carbons (Fsp3) is 0.316. The number of hydrogen-bond donors (Lipinski definition) is 1. The van der Waals surface area contributed by atoms with E-state index in [2.05, 4.69) is 21.9 Å². The fourth-order valence-electron chi connectivity index (χ4n) is 2.93. The maximum Gasteiger partial charge on any atom is 0.274 e. The zero-order valence-electron chi connectivity index (χ0n) is 15.0. The van der Waals surface area contributed by atoms with Crippen LogP contribution in [0.15, 0.2) is 37.2 Å². The largest absolute Gasteiger partial charge is 0.493 e. The van der Waals surface area contributed by atoms with Crippen molar-refractivity contribution in [2.75, 3.05) is 32.6 Å². The van der Waals surface area contributed by atoms with Gasteiger partial charge in [0.2, 0.25) is 0 Å². The molecule has 1 aromatic carbocycles. The highest BCUT2D eigenvalue weighted by molar-refractivity contribution is 5.92. The minimum Gasteiger partial charge on any atom is -0.493 e. The zero-order valence-corrected chi connectivity index (χ0v) is 15.0. The number of carbonyl (C=O) groups is 1. The molecule has 0 radical (unpaired) electrons. The molecule has 0 unspecified atom stereocenters. The van der Waals surface area contributed by atoms with Gasteiger partial charge in [0.05, 0.1) is 26.6 Å². The summed E-state index contributed by atoms with van der Waals surface area (Å²) in [6, 6.07) is 3.91. The smallest absolute Gasteiger partial charge is 0.274 e. The summed E-state index contributed by atoms with van der Waals surface area (Å²) in [6.07, 6.45) is 5.55. The Labute approximate surface area is 152 Å². The molecular formula is C19H22N4O3. The van der Waals surface area contributed by atoms with E-state index in [0.29, 0.717) is 42.6 Å². The molecule has 1 aliphatic rings. The first-order chi connectivity index (χ1) is 12.7. The van der Waals surface area contributed by atoms with Gasteiger partial charge in [-0.15, -0.1) is 6.58 Å². The zero-order chi connectivity index (χ0) is 18.5. The van der Waals surface area contributed by atoms with Gasteiger partial charge < -0.3 is 19.7 Å². The van der Waals surface area contributed by atoms with E-state index in [1.54, 1.807) is 31.4 Å². The van der Waals surface area contributed by atoms with Crippen LogP contribution in [0.5, 0.6) is 11.5 Å². The molecule has 0 atom stereocenters. The third-order valence-electron chi connectivity index (χ3n) is 4.30. The van der Waals surface area contributed by atoms with Gasteiger partial charge in [-0.1, -0.05) is 6.08 Å². The number of amides is 1. The van der Waals surface area contributed by atoms with Gasteiger partial charge in [-0.25, -0.2) is 9.97 Å². The van der Waals surface area contributed by atoms with E-state index in [4.69, 9.17) is 9.47 Å². The number of rotatable bonds is 6. The van der Waals surface area contributed by atoms with Crippen LogP contribution in [-0.2, 0) is 13.0 Å². The van der Waals surface area contributed by atoms with E-state index >= 15 is 0 Å². The number of hydrogen-bond acceptors (Lipinski definition) is 6. The van der Waals surface area contributed by atoms with Gasteiger partial charge in [-0.2, -0.15) is 0 Å². The SMILES string of the molecule is C=CCNc1cnc(C(=O)N2CCc3cc(OC)c(OC)cc3C2)cn1. The van der Waals surface area contributed by atoms with Crippen molar-refractivity contribution >= 4 is 11.7 Å². The molecule has 2 aromatic rings. The molecule has 0 fully saturated rings. The van der Waals surface area contributed by atoms with Crippen molar-refractivity contribution in [1.29, 1.82) is 0 Å². The summed E-state index contributed by atoms with van der Waals surface area (Å²) < 4.78 is 10.7. The summed E-state index contributed by atoms with van der Waals surface area (Å²) in [5, 5.41) is 3.03. The molecule has 0 spiro atoms. The highest BCUT2D eigenvalue weighted by atomic mass is 16.5. The number of benzene rings is 1. The molecule has 1 N–H and O–H groups in total. The third kappa shape index (κ3) is 3.61. The Morgan fingerprint density at radius 2 is 1.96 bits per heavy atom. The lowest BCUT2D eigenvalue weighted by Crippen LogP contribution is -2.36. The Morgan fingerprint density at radius 1 is 1.23 bits per heavy atom. The summed E-state index contributed by atoms with van der Waals surface area (Å²) in [7, 11) is 3.22. The lowest BCUT2D eigenvalue weighted by atomic mass is 9.98. The first kappa shape index (κ1) is 17.7. The first-order valence-corrected chi connectivity index (χ1v) is 8.36. The quantitative estimate of drug-likeness (QED) is 0.802. The predicted molar refractivity (Wildman–Crippen MR) is 98.7 cm³/mol. The Morgan fingerprint density at radius 3 is 2.58 bits per heavy atom. The Kier molecular flexibility index (Phi) is 5.36. The van der Waals surface area contributed by atoms with E-state index in [-0.39, 0.29) is 5.91 Å². The number of anilines is 1. The van der Waals surface area contributed by atoms with Crippen LogP contribution in [0.3, 0.4) is 0 Å². The standard InChI is InChI=1S/C19H22N4O3/c1-4-6-20-18-11-21-15(10-22-18)19(24)23-7-5-13-8-16(25-2)17(26-3)9-14(13)12-23/h4,8-11H,1,5-7,12H2,2-3H3,(H,20,22). The van der Waals surface area contributed by atoms with Crippen molar-refractivity contribution in [2.45, 2.75) is 13.0 Å². The summed E-state index contributed by atoms with van der Waals surface area (Å²) in [4.78, 5) is 23.0. The van der Waals surface area contributed by atoms with E-state index in [9.17, 15) is 4.79 Å². The van der Waals surface area contributed by atoms with Crippen LogP contribution in [0.25, 0.3) is 0 Å². The van der Waals surface area contributed by atoms with Crippen LogP contribution in [-0.4, -0.2) is 48.1 Å². The lowest BCUT2D eigenvalue weighted by Gasteiger charge is -2.29. The van der Waals surface area contributed by atoms with Crippen molar-refractivity contribution in [3.05, 3.63) is 54.0 Å². The van der Waals surface area contributed by atoms with Gasteiger partial charge in [0, 0.05) is 19.6 Å². The minimum atomic E-state index is -0.131. The molecule has 26 heavy (non-hydrogen) atoms. The highest BCUT2D eigenvalue weighted by Crippen LogP contribution is 2.33. The summed E-state index contributed by atoms with van der Waals surface area (Å²) in [5.74, 6) is 1.85. The number of carbonyl (C=O) groups excluding carboxylic acids is 1. The molecule has 0 saturated carbocycles. The Hall–Kier alpha value is -3.09. The van der Waals surface area contributed by atoms with Gasteiger partial charge in [-0.3, -0.25) is 4.79 Å². The summed E-state index contributed by atoms with van der Waals surface area (Å²) >= 11 is 0. The van der Waals surface area contributed by atoms with Crippen molar-refractivity contribution in [2.24, 2.45) is 0 Å². The topological polar surface area (TPSA) is 76.6 Å². The van der Waals surface area contributed by atoms with Crippen LogP contribution in [0.4, 0.5) is 5.82 Å². The molecule has 0 saturated heterocycles. The van der Waals surface area contributed by atoms with Crippen molar-refractivity contribution in [3.63, 3.8) is 0 Å². The molecule has 1 aliphatic heterocycles. The second-order valence-electron chi connectivity index (χ2n) is 5.91. The summed E-state index contributed by atoms with van der Waals surface area (Å²) in [5.41, 5.74) is 2.55. The second-order valence-corrected chi connectivity index (χ2v) is 5.91. The van der Waals surface area contributed by atoms with E-state index in [1.807, 2.05) is 12.1 Å². The number of fused-ring (bicyclic) bond motifs is 1. The molecule has 3 rings (SSSR count). The fourth-order valence-corrected chi connectivity index (χ4v) is 2.93. The monoisotopic (exact) mass is 354 g/mol. The highest BCUT2D eigenvalue weighted by Gasteiger charge is 2.24. The van der Waals surface area contributed by atoms with E-state index in [0.717, 1.165) is 12.0 Å². The number of nitrogens with zero attached hydrogens (tertiary/aromatic N) is 3. The molecule has 1 aromatic heterocycles. The normalized spacial score (nSPS) is 12.9. The van der Waals surface area contributed by atoms with Gasteiger partial charge in [0.25, 0.3) is 5.91 Å². The average Bonchev–Trinajstić information content (AvgIpc) is 2.70. The van der Waals surface area contributed by atoms with Crippen molar-refractivity contribution in [1.82, 2.24) is 14.9 Å². The van der Waals surface area contributed by atoms with Crippen molar-refractivity contribution in [3.8, 4) is 11.5 Å². The molecule has 7 nitrogen and oxygen atoms in total. The average molecular weight is 354 g/mol. The van der Waals surface area contributed by atoms with E-state index in [1.165, 1.54) is 11.8 Å². The minimum absolute atomic E-state index is 0.131. The number of aromatic nitrogens is 2. The number of ether oxygens (including phenoxy) is 2. The van der Waals surface area contributed by atoms with Crippen LogP contribution < -0.4 is 14.8 Å². The third-order valence-corrected chi connectivity index (χ3v) is 4.30. The van der Waals surface area contributed by atoms with E-state index < -0.39 is 0 Å². The van der Waals surface area contributed by atoms with Gasteiger partial charge in [-0.05, 0) is 29.7 Å². The van der Waals surface area contributed by atoms with Crippen LogP contribution in [0, 0.1) is 0 Å². The predicted octanol–water partition coefficient (Wildman–Crippen LogP) is 2.29.